The fourth-order valence-electron chi connectivity index (χ4n) is 3.09. The lowest BCUT2D eigenvalue weighted by atomic mass is 10.2. The maximum atomic E-state index is 13.0. The summed E-state index contributed by atoms with van der Waals surface area (Å²) in [7, 11) is -2.52. The van der Waals surface area contributed by atoms with Crippen LogP contribution in [-0.4, -0.2) is 57.1 Å². The zero-order valence-electron chi connectivity index (χ0n) is 14.8. The van der Waals surface area contributed by atoms with Crippen molar-refractivity contribution in [1.29, 1.82) is 0 Å². The summed E-state index contributed by atoms with van der Waals surface area (Å²) in [5.74, 6) is 0.106. The fourth-order valence-corrected chi connectivity index (χ4v) is 4.71. The van der Waals surface area contributed by atoms with Crippen molar-refractivity contribution in [3.05, 3.63) is 47.3 Å². The molecule has 1 fully saturated rings. The summed E-state index contributed by atoms with van der Waals surface area (Å²) in [6, 6.07) is 8.02. The van der Waals surface area contributed by atoms with E-state index in [0.29, 0.717) is 32.7 Å². The molecule has 140 valence electrons. The molecule has 1 aliphatic rings. The third kappa shape index (κ3) is 3.79. The van der Waals surface area contributed by atoms with Crippen molar-refractivity contribution in [3.63, 3.8) is 0 Å². The standard InChI is InChI=1S/C17H21N3O5S/c1-13-11-14(18-25-13)12-19-7-9-20(10-8-19)26(22,23)16-6-4-3-5-15(16)17(21)24-2/h3-6,11H,7-10,12H2,1-2H3/p+1. The molecule has 3 rings (SSSR count). The molecule has 0 spiro atoms. The minimum atomic E-state index is -3.75. The number of nitrogens with one attached hydrogen (secondary N) is 1. The summed E-state index contributed by atoms with van der Waals surface area (Å²) in [5, 5.41) is 3.99. The van der Waals surface area contributed by atoms with Gasteiger partial charge < -0.3 is 14.2 Å². The zero-order valence-corrected chi connectivity index (χ0v) is 15.6. The Kier molecular flexibility index (Phi) is 5.40. The number of nitrogens with zero attached hydrogens (tertiary/aromatic N) is 2. The number of aromatic nitrogens is 1. The van der Waals surface area contributed by atoms with Crippen molar-refractivity contribution in [2.45, 2.75) is 18.4 Å². The molecule has 1 saturated heterocycles. The Morgan fingerprint density at radius 2 is 2.00 bits per heavy atom. The molecule has 0 unspecified atom stereocenters. The van der Waals surface area contributed by atoms with Crippen LogP contribution in [0.5, 0.6) is 0 Å². The lowest BCUT2D eigenvalue weighted by Gasteiger charge is -2.31. The molecule has 0 atom stereocenters. The maximum absolute atomic E-state index is 13.0. The van der Waals surface area contributed by atoms with Crippen molar-refractivity contribution in [3.8, 4) is 0 Å². The Hall–Kier alpha value is -2.23. The highest BCUT2D eigenvalue weighted by Gasteiger charge is 2.33. The molecule has 26 heavy (non-hydrogen) atoms. The number of benzene rings is 1. The van der Waals surface area contributed by atoms with Gasteiger partial charge >= 0.3 is 5.97 Å². The molecule has 1 N–H and O–H groups in total. The number of esters is 1. The van der Waals surface area contributed by atoms with E-state index in [0.717, 1.165) is 11.5 Å². The summed E-state index contributed by atoms with van der Waals surface area (Å²) in [6.45, 7) is 4.62. The van der Waals surface area contributed by atoms with Crippen LogP contribution >= 0.6 is 0 Å². The molecular formula is C17H22N3O5S+. The number of sulfonamides is 1. The van der Waals surface area contributed by atoms with Gasteiger partial charge in [-0.2, -0.15) is 4.31 Å². The number of hydrogen-bond donors (Lipinski definition) is 1. The normalized spacial score (nSPS) is 16.5. The van der Waals surface area contributed by atoms with Crippen molar-refractivity contribution < 1.29 is 27.4 Å². The third-order valence-electron chi connectivity index (χ3n) is 4.45. The first-order valence-corrected chi connectivity index (χ1v) is 9.79. The fraction of sp³-hybridized carbons (Fsp3) is 0.412. The Labute approximate surface area is 152 Å². The predicted molar refractivity (Wildman–Crippen MR) is 92.2 cm³/mol. The van der Waals surface area contributed by atoms with Gasteiger partial charge in [0.05, 0.1) is 43.7 Å². The van der Waals surface area contributed by atoms with Gasteiger partial charge in [-0.25, -0.2) is 13.2 Å². The van der Waals surface area contributed by atoms with E-state index in [2.05, 4.69) is 5.16 Å². The second-order valence-corrected chi connectivity index (χ2v) is 8.15. The SMILES string of the molecule is COC(=O)c1ccccc1S(=O)(=O)N1CC[NH+](Cc2cc(C)on2)CC1. The summed E-state index contributed by atoms with van der Waals surface area (Å²) in [6.07, 6.45) is 0. The molecule has 1 aliphatic heterocycles. The quantitative estimate of drug-likeness (QED) is 0.726. The van der Waals surface area contributed by atoms with Gasteiger partial charge in [0.25, 0.3) is 0 Å². The number of quaternary nitrogens is 1. The van der Waals surface area contributed by atoms with Crippen LogP contribution in [0.25, 0.3) is 0 Å². The first-order chi connectivity index (χ1) is 12.4. The average Bonchev–Trinajstić information content (AvgIpc) is 3.06. The Bertz CT molecular complexity index is 885. The van der Waals surface area contributed by atoms with Gasteiger partial charge in [-0.15, -0.1) is 0 Å². The van der Waals surface area contributed by atoms with E-state index in [1.165, 1.54) is 28.4 Å². The van der Waals surface area contributed by atoms with E-state index < -0.39 is 16.0 Å². The van der Waals surface area contributed by atoms with Gasteiger partial charge in [0, 0.05) is 6.07 Å². The van der Waals surface area contributed by atoms with Gasteiger partial charge in [-0.3, -0.25) is 0 Å². The largest absolute Gasteiger partial charge is 0.465 e. The number of piperazine rings is 1. The Morgan fingerprint density at radius 1 is 1.31 bits per heavy atom. The number of hydrogen-bond acceptors (Lipinski definition) is 6. The molecule has 0 bridgehead atoms. The van der Waals surface area contributed by atoms with Crippen LogP contribution in [0.4, 0.5) is 0 Å². The lowest BCUT2D eigenvalue weighted by Crippen LogP contribution is -3.13. The first-order valence-electron chi connectivity index (χ1n) is 8.35. The summed E-state index contributed by atoms with van der Waals surface area (Å²) < 4.78 is 37.2. The number of carbonyl (C=O) groups is 1. The third-order valence-corrected chi connectivity index (χ3v) is 6.40. The highest BCUT2D eigenvalue weighted by molar-refractivity contribution is 7.89. The molecule has 0 amide bonds. The van der Waals surface area contributed by atoms with Crippen LogP contribution < -0.4 is 4.90 Å². The van der Waals surface area contributed by atoms with E-state index in [1.807, 2.05) is 13.0 Å². The Morgan fingerprint density at radius 3 is 2.62 bits per heavy atom. The average molecular weight is 380 g/mol. The minimum absolute atomic E-state index is 0.0116. The van der Waals surface area contributed by atoms with Gasteiger partial charge in [0.15, 0.2) is 0 Å². The van der Waals surface area contributed by atoms with Crippen molar-refractivity contribution in [2.24, 2.45) is 0 Å². The molecule has 0 radical (unpaired) electrons. The molecule has 1 aromatic carbocycles. The summed E-state index contributed by atoms with van der Waals surface area (Å²) in [4.78, 5) is 13.1. The van der Waals surface area contributed by atoms with E-state index >= 15 is 0 Å². The molecule has 9 heteroatoms. The summed E-state index contributed by atoms with van der Waals surface area (Å²) in [5.41, 5.74) is 0.924. The van der Waals surface area contributed by atoms with Crippen molar-refractivity contribution >= 4 is 16.0 Å². The summed E-state index contributed by atoms with van der Waals surface area (Å²) >= 11 is 0. The Balaban J connectivity index is 1.71. The molecule has 2 heterocycles. The highest BCUT2D eigenvalue weighted by Crippen LogP contribution is 2.21. The number of ether oxygens (including phenoxy) is 1. The number of aryl methyl sites for hydroxylation is 1. The number of rotatable bonds is 5. The van der Waals surface area contributed by atoms with Crippen LogP contribution in [0.3, 0.4) is 0 Å². The first kappa shape index (κ1) is 18.6. The van der Waals surface area contributed by atoms with E-state index in [9.17, 15) is 13.2 Å². The van der Waals surface area contributed by atoms with Crippen LogP contribution in [-0.2, 0) is 21.3 Å². The van der Waals surface area contributed by atoms with Gasteiger partial charge in [-0.05, 0) is 19.1 Å². The number of methoxy groups -OCH3 is 1. The van der Waals surface area contributed by atoms with Crippen LogP contribution in [0.2, 0.25) is 0 Å². The number of carbonyl (C=O) groups excluding carboxylic acids is 1. The molecular weight excluding hydrogens is 358 g/mol. The smallest absolute Gasteiger partial charge is 0.339 e. The van der Waals surface area contributed by atoms with Gasteiger partial charge in [0.2, 0.25) is 10.0 Å². The highest BCUT2D eigenvalue weighted by atomic mass is 32.2. The molecule has 0 aliphatic carbocycles. The van der Waals surface area contributed by atoms with Crippen LogP contribution in [0, 0.1) is 6.92 Å². The van der Waals surface area contributed by atoms with Crippen molar-refractivity contribution in [1.82, 2.24) is 9.46 Å². The monoisotopic (exact) mass is 380 g/mol. The topological polar surface area (TPSA) is 94.2 Å². The van der Waals surface area contributed by atoms with Crippen LogP contribution in [0.1, 0.15) is 21.8 Å². The maximum Gasteiger partial charge on any atom is 0.339 e. The minimum Gasteiger partial charge on any atom is -0.465 e. The van der Waals surface area contributed by atoms with Gasteiger partial charge in [0.1, 0.15) is 18.0 Å². The molecule has 8 nitrogen and oxygen atoms in total. The van der Waals surface area contributed by atoms with Gasteiger partial charge in [-0.1, -0.05) is 17.3 Å². The van der Waals surface area contributed by atoms with E-state index in [-0.39, 0.29) is 10.5 Å². The molecule has 0 saturated carbocycles. The van der Waals surface area contributed by atoms with Crippen LogP contribution in [0.15, 0.2) is 39.8 Å². The van der Waals surface area contributed by atoms with E-state index in [1.54, 1.807) is 12.1 Å². The van der Waals surface area contributed by atoms with Crippen molar-refractivity contribution in [2.75, 3.05) is 33.3 Å². The molecule has 2 aromatic rings. The second kappa shape index (κ2) is 7.56. The zero-order chi connectivity index (χ0) is 18.7. The predicted octanol–water partition coefficient (Wildman–Crippen LogP) is -0.141. The van der Waals surface area contributed by atoms with E-state index in [4.69, 9.17) is 9.26 Å². The lowest BCUT2D eigenvalue weighted by molar-refractivity contribution is -0.917. The molecule has 1 aromatic heterocycles. The second-order valence-electron chi connectivity index (χ2n) is 6.25.